The first-order valence-electron chi connectivity index (χ1n) is 9.59. The molecule has 0 unspecified atom stereocenters. The largest absolute Gasteiger partial charge is 0.416 e. The van der Waals surface area contributed by atoms with Crippen LogP contribution in [0.25, 0.3) is 0 Å². The molecule has 148 valence electrons. The molecule has 1 aliphatic carbocycles. The van der Waals surface area contributed by atoms with Gasteiger partial charge in [-0.25, -0.2) is 0 Å². The number of amides is 2. The first-order valence-corrected chi connectivity index (χ1v) is 9.59. The van der Waals surface area contributed by atoms with E-state index >= 15 is 0 Å². The summed E-state index contributed by atoms with van der Waals surface area (Å²) in [5.74, 6) is 0.185. The van der Waals surface area contributed by atoms with E-state index in [-0.39, 0.29) is 11.5 Å². The Morgan fingerprint density at radius 2 is 1.59 bits per heavy atom. The van der Waals surface area contributed by atoms with Crippen LogP contribution < -0.4 is 0 Å². The first kappa shape index (κ1) is 19.7. The van der Waals surface area contributed by atoms with Crippen molar-refractivity contribution < 1.29 is 22.8 Å². The van der Waals surface area contributed by atoms with E-state index < -0.39 is 17.6 Å². The molecule has 1 saturated heterocycles. The SMILES string of the molecule is O=C(CC1CCCCC1)N1CCN(C(=O)c2cccc(C(F)(F)F)c2)CC1. The Bertz CT molecular complexity index is 676. The van der Waals surface area contributed by atoms with E-state index in [1.165, 1.54) is 36.3 Å². The van der Waals surface area contributed by atoms with Gasteiger partial charge in [0.05, 0.1) is 5.56 Å². The van der Waals surface area contributed by atoms with Crippen LogP contribution in [-0.4, -0.2) is 47.8 Å². The van der Waals surface area contributed by atoms with E-state index in [1.54, 1.807) is 4.90 Å². The summed E-state index contributed by atoms with van der Waals surface area (Å²) in [4.78, 5) is 28.3. The van der Waals surface area contributed by atoms with Crippen molar-refractivity contribution in [3.63, 3.8) is 0 Å². The molecule has 1 aromatic carbocycles. The van der Waals surface area contributed by atoms with Gasteiger partial charge in [-0.2, -0.15) is 13.2 Å². The zero-order valence-electron chi connectivity index (χ0n) is 15.3. The Balaban J connectivity index is 1.54. The van der Waals surface area contributed by atoms with Crippen LogP contribution in [0, 0.1) is 5.92 Å². The maximum absolute atomic E-state index is 12.8. The van der Waals surface area contributed by atoms with Crippen LogP contribution >= 0.6 is 0 Å². The highest BCUT2D eigenvalue weighted by Crippen LogP contribution is 2.30. The number of carbonyl (C=O) groups excluding carboxylic acids is 2. The molecule has 0 atom stereocenters. The lowest BCUT2D eigenvalue weighted by molar-refractivity contribution is -0.137. The Hall–Kier alpha value is -2.05. The van der Waals surface area contributed by atoms with Gasteiger partial charge in [-0.15, -0.1) is 0 Å². The first-order chi connectivity index (χ1) is 12.8. The maximum Gasteiger partial charge on any atom is 0.416 e. The number of piperazine rings is 1. The average Bonchev–Trinajstić information content (AvgIpc) is 2.68. The van der Waals surface area contributed by atoms with Crippen LogP contribution in [0.1, 0.15) is 54.4 Å². The molecule has 4 nitrogen and oxygen atoms in total. The molecule has 1 saturated carbocycles. The fourth-order valence-corrected chi connectivity index (χ4v) is 3.94. The monoisotopic (exact) mass is 382 g/mol. The molecule has 7 heteroatoms. The zero-order valence-corrected chi connectivity index (χ0v) is 15.3. The third-order valence-electron chi connectivity index (χ3n) is 5.54. The number of alkyl halides is 3. The van der Waals surface area contributed by atoms with Crippen molar-refractivity contribution in [1.82, 2.24) is 9.80 Å². The lowest BCUT2D eigenvalue weighted by Crippen LogP contribution is -2.50. The highest BCUT2D eigenvalue weighted by atomic mass is 19.4. The predicted octanol–water partition coefficient (Wildman–Crippen LogP) is 3.96. The van der Waals surface area contributed by atoms with Gasteiger partial charge in [-0.3, -0.25) is 9.59 Å². The molecule has 0 radical (unpaired) electrons. The second-order valence-electron chi connectivity index (χ2n) is 7.46. The fraction of sp³-hybridized carbons (Fsp3) is 0.600. The number of benzene rings is 1. The highest BCUT2D eigenvalue weighted by Gasteiger charge is 2.32. The van der Waals surface area contributed by atoms with Gasteiger partial charge in [0, 0.05) is 38.2 Å². The summed E-state index contributed by atoms with van der Waals surface area (Å²) in [5.41, 5.74) is -0.790. The standard InChI is InChI=1S/C20H25F3N2O2/c21-20(22,23)17-8-4-7-16(14-17)19(27)25-11-9-24(10-12-25)18(26)13-15-5-2-1-3-6-15/h4,7-8,14-15H,1-3,5-6,9-13H2. The summed E-state index contributed by atoms with van der Waals surface area (Å²) >= 11 is 0. The Morgan fingerprint density at radius 3 is 2.22 bits per heavy atom. The molecule has 1 heterocycles. The van der Waals surface area contributed by atoms with Gasteiger partial charge in [0.1, 0.15) is 0 Å². The second-order valence-corrected chi connectivity index (χ2v) is 7.46. The molecule has 3 rings (SSSR count). The molecular formula is C20H25F3N2O2. The molecular weight excluding hydrogens is 357 g/mol. The van der Waals surface area contributed by atoms with Crippen molar-refractivity contribution >= 4 is 11.8 Å². The van der Waals surface area contributed by atoms with E-state index in [0.717, 1.165) is 25.0 Å². The predicted molar refractivity (Wildman–Crippen MR) is 95.1 cm³/mol. The van der Waals surface area contributed by atoms with Crippen molar-refractivity contribution in [3.8, 4) is 0 Å². The van der Waals surface area contributed by atoms with Crippen molar-refractivity contribution in [3.05, 3.63) is 35.4 Å². The van der Waals surface area contributed by atoms with Crippen LogP contribution in [0.2, 0.25) is 0 Å². The van der Waals surface area contributed by atoms with Crippen LogP contribution in [0.3, 0.4) is 0 Å². The van der Waals surface area contributed by atoms with E-state index in [4.69, 9.17) is 0 Å². The van der Waals surface area contributed by atoms with Crippen molar-refractivity contribution in [2.75, 3.05) is 26.2 Å². The van der Waals surface area contributed by atoms with Gasteiger partial charge in [-0.1, -0.05) is 25.3 Å². The maximum atomic E-state index is 12.8. The zero-order chi connectivity index (χ0) is 19.4. The normalized spacial score (nSPS) is 19.2. The van der Waals surface area contributed by atoms with Gasteiger partial charge in [-0.05, 0) is 37.0 Å². The Kier molecular flexibility index (Phi) is 6.07. The minimum Gasteiger partial charge on any atom is -0.339 e. The molecule has 1 aromatic rings. The number of halogens is 3. The Morgan fingerprint density at radius 1 is 0.963 bits per heavy atom. The summed E-state index contributed by atoms with van der Waals surface area (Å²) in [5, 5.41) is 0. The average molecular weight is 382 g/mol. The fourth-order valence-electron chi connectivity index (χ4n) is 3.94. The minimum absolute atomic E-state index is 0.0341. The number of hydrogen-bond acceptors (Lipinski definition) is 2. The van der Waals surface area contributed by atoms with E-state index in [9.17, 15) is 22.8 Å². The van der Waals surface area contributed by atoms with Crippen molar-refractivity contribution in [2.45, 2.75) is 44.7 Å². The van der Waals surface area contributed by atoms with Gasteiger partial charge in [0.2, 0.25) is 5.91 Å². The van der Waals surface area contributed by atoms with E-state index in [0.29, 0.717) is 38.5 Å². The second kappa shape index (κ2) is 8.31. The molecule has 0 spiro atoms. The van der Waals surface area contributed by atoms with E-state index in [2.05, 4.69) is 0 Å². The molecule has 1 aliphatic heterocycles. The smallest absolute Gasteiger partial charge is 0.339 e. The summed E-state index contributed by atoms with van der Waals surface area (Å²) in [6, 6.07) is 4.50. The summed E-state index contributed by atoms with van der Waals surface area (Å²) < 4.78 is 38.5. The molecule has 27 heavy (non-hydrogen) atoms. The van der Waals surface area contributed by atoms with Crippen molar-refractivity contribution in [2.24, 2.45) is 5.92 Å². The summed E-state index contributed by atoms with van der Waals surface area (Å²) in [7, 11) is 0. The third-order valence-corrected chi connectivity index (χ3v) is 5.54. The lowest BCUT2D eigenvalue weighted by Gasteiger charge is -2.36. The number of rotatable bonds is 3. The lowest BCUT2D eigenvalue weighted by atomic mass is 9.86. The number of nitrogens with zero attached hydrogens (tertiary/aromatic N) is 2. The van der Waals surface area contributed by atoms with Crippen LogP contribution in [-0.2, 0) is 11.0 Å². The van der Waals surface area contributed by atoms with Crippen LogP contribution in [0.15, 0.2) is 24.3 Å². The quantitative estimate of drug-likeness (QED) is 0.794. The topological polar surface area (TPSA) is 40.6 Å². The number of carbonyl (C=O) groups is 2. The molecule has 2 amide bonds. The van der Waals surface area contributed by atoms with Crippen molar-refractivity contribution in [1.29, 1.82) is 0 Å². The Labute approximate surface area is 157 Å². The van der Waals surface area contributed by atoms with Crippen LogP contribution in [0.4, 0.5) is 13.2 Å². The minimum atomic E-state index is -4.47. The van der Waals surface area contributed by atoms with Crippen LogP contribution in [0.5, 0.6) is 0 Å². The third kappa shape index (κ3) is 5.02. The molecule has 0 bridgehead atoms. The molecule has 0 N–H and O–H groups in total. The van der Waals surface area contributed by atoms with E-state index in [1.807, 2.05) is 0 Å². The van der Waals surface area contributed by atoms with Gasteiger partial charge < -0.3 is 9.80 Å². The summed E-state index contributed by atoms with van der Waals surface area (Å²) in [6.07, 6.45) is 1.96. The van der Waals surface area contributed by atoms with Gasteiger partial charge in [0.15, 0.2) is 0 Å². The van der Waals surface area contributed by atoms with Gasteiger partial charge >= 0.3 is 6.18 Å². The summed E-state index contributed by atoms with van der Waals surface area (Å²) in [6.45, 7) is 1.59. The molecule has 2 aliphatic rings. The molecule has 2 fully saturated rings. The highest BCUT2D eigenvalue weighted by molar-refractivity contribution is 5.94. The van der Waals surface area contributed by atoms with Gasteiger partial charge in [0.25, 0.3) is 5.91 Å². The molecule has 0 aromatic heterocycles. The number of hydrogen-bond donors (Lipinski definition) is 0.